The third kappa shape index (κ3) is 2.42. The van der Waals surface area contributed by atoms with E-state index in [1.165, 1.54) is 0 Å². The predicted octanol–water partition coefficient (Wildman–Crippen LogP) is 11.3. The van der Waals surface area contributed by atoms with E-state index in [9.17, 15) is 14.7 Å². The van der Waals surface area contributed by atoms with Crippen molar-refractivity contribution in [2.75, 3.05) is 6.61 Å². The molecule has 4 unspecified atom stereocenters. The third-order valence-electron chi connectivity index (χ3n) is 14.6. The average Bonchev–Trinajstić information content (AvgIpc) is 3.41. The second-order valence-corrected chi connectivity index (χ2v) is 28.2. The number of Topliss-reactive ketones (excluding diaryl/α,β-unsaturated/α-hetero) is 1. The maximum absolute atomic E-state index is 12.8. The molecule has 0 aliphatic heterocycles. The zero-order valence-corrected chi connectivity index (χ0v) is 41.4. The lowest BCUT2D eigenvalue weighted by atomic mass is 9.41. The number of hydrogen-bond donors (Lipinski definition) is 1. The van der Waals surface area contributed by atoms with Crippen LogP contribution < -0.4 is 0 Å². The number of hydrogen-bond acceptors (Lipinski definition) is 4. The van der Waals surface area contributed by atoms with Crippen molar-refractivity contribution in [3.63, 3.8) is 0 Å². The number of esters is 1. The molecule has 4 atom stereocenters. The third-order valence-corrected chi connectivity index (χ3v) is 34.8. The van der Waals surface area contributed by atoms with Gasteiger partial charge in [0.05, 0.1) is 13.0 Å². The Hall–Kier alpha value is 5.48. The van der Waals surface area contributed by atoms with E-state index >= 15 is 0 Å². The maximum atomic E-state index is 12.8. The average molecular weight is 1180 g/mol. The molecule has 12 aliphatic carbocycles. The molecule has 0 aromatic heterocycles. The minimum Gasteiger partial charge on any atom is -0.466 e. The van der Waals surface area contributed by atoms with Crippen molar-refractivity contribution in [3.05, 3.63) is 0 Å². The van der Waals surface area contributed by atoms with Gasteiger partial charge in [-0.25, -0.2) is 0 Å². The summed E-state index contributed by atoms with van der Waals surface area (Å²) < 4.78 is -1.11. The number of rotatable bonds is 6. The SMILES string of the molecule is CCOC(=O)CCC(=O)CC1(O)C2(Cl)C3(Cl)C4(Cl)C(Cl)(Cl)C5(Cl)C3(Cl)C1(Cl)C5(Cl)C42Cl.ClC1(Cl)C2(Cl)C3(Cl)C4(Cl)C(Cl)(Cl)C5(Cl)C3(Cl)C1(Cl)C5(Cl)C24Cl. The fourth-order valence-electron chi connectivity index (χ4n) is 13.1. The molecule has 0 spiro atoms. The quantitative estimate of drug-likeness (QED) is 0.213. The van der Waals surface area contributed by atoms with Crippen molar-refractivity contribution < 1.29 is 19.4 Å². The fraction of sp³-hybridized carbons (Fsp3) is 0.926. The van der Waals surface area contributed by atoms with Crippen LogP contribution in [0.15, 0.2) is 0 Å². The highest BCUT2D eigenvalue weighted by atomic mass is 35.5. The van der Waals surface area contributed by atoms with Gasteiger partial charge in [0.2, 0.25) is 0 Å². The number of alkyl halides is 22. The fourth-order valence-corrected chi connectivity index (χ4v) is 32.1. The molecule has 1 N–H and O–H groups in total. The Morgan fingerprint density at radius 1 is 0.396 bits per heavy atom. The van der Waals surface area contributed by atoms with Crippen molar-refractivity contribution >= 4 is 267 Å². The molecular weight excluding hydrogens is 1170 g/mol. The van der Waals surface area contributed by atoms with Crippen LogP contribution in [-0.2, 0) is 14.3 Å². The molecule has 0 radical (unpaired) electrons. The van der Waals surface area contributed by atoms with Crippen molar-refractivity contribution in [3.8, 4) is 0 Å². The number of aliphatic hydroxyl groups is 1. The molecule has 53 heavy (non-hydrogen) atoms. The molecule has 0 heterocycles. The summed E-state index contributed by atoms with van der Waals surface area (Å²) >= 11 is 149. The molecule has 4 nitrogen and oxygen atoms in total. The lowest BCUT2D eigenvalue weighted by Gasteiger charge is -2.81. The Morgan fingerprint density at radius 3 is 0.849 bits per heavy atom. The van der Waals surface area contributed by atoms with Gasteiger partial charge in [-0.1, -0.05) is 69.6 Å². The molecule has 12 aliphatic rings. The zero-order chi connectivity index (χ0) is 40.7. The van der Waals surface area contributed by atoms with Crippen molar-refractivity contribution in [2.45, 2.75) is 123 Å². The van der Waals surface area contributed by atoms with E-state index in [1.54, 1.807) is 6.92 Å². The predicted molar refractivity (Wildman–Crippen MR) is 221 cm³/mol. The minimum atomic E-state index is -2.36. The van der Waals surface area contributed by atoms with E-state index in [2.05, 4.69) is 0 Å². The van der Waals surface area contributed by atoms with Crippen LogP contribution in [0.5, 0.6) is 0 Å². The number of ketones is 1. The highest BCUT2D eigenvalue weighted by Crippen LogP contribution is 3.14. The summed E-state index contributed by atoms with van der Waals surface area (Å²) in [6.07, 6.45) is -1.14. The standard InChI is InChI=1S/C17H12Cl10O4.C10Cl12/c1-2-31-7(29)4-3-6(28)5-8(30)9(18)11(20)13(22)10(8,19)14(23)12(9,21)15(11,24)17(26,27)16(13,14)25;11-1-2(12)7(17)4(14)3(13,5(1,15)9(7,19)20)6(1,16)10(21,22)8(2,4)18/h30H,2-5H2,1H3;. The zero-order valence-electron chi connectivity index (χ0n) is 24.8. The van der Waals surface area contributed by atoms with Gasteiger partial charge in [0.25, 0.3) is 0 Å². The summed E-state index contributed by atoms with van der Waals surface area (Å²) in [5, 5.41) is 11.9. The second-order valence-electron chi connectivity index (χ2n) is 15.1. The summed E-state index contributed by atoms with van der Waals surface area (Å²) in [5.41, 5.74) is -2.36. The molecule has 12 fully saturated rings. The van der Waals surface area contributed by atoms with Crippen LogP contribution >= 0.6 is 255 Å². The van der Waals surface area contributed by atoms with Crippen LogP contribution in [0.25, 0.3) is 0 Å². The number of carbonyl (C=O) groups is 2. The first-order chi connectivity index (χ1) is 23.3. The van der Waals surface area contributed by atoms with Crippen LogP contribution in [-0.4, -0.2) is 120 Å². The number of ether oxygens (including phenoxy) is 1. The number of carbonyl (C=O) groups excluding carboxylic acids is 2. The van der Waals surface area contributed by atoms with Gasteiger partial charge in [0.15, 0.2) is 13.0 Å². The molecule has 0 aromatic rings. The van der Waals surface area contributed by atoms with Crippen molar-refractivity contribution in [1.82, 2.24) is 0 Å². The molecule has 12 saturated carbocycles. The van der Waals surface area contributed by atoms with Crippen LogP contribution in [0.4, 0.5) is 0 Å². The van der Waals surface area contributed by atoms with Gasteiger partial charge in [0.1, 0.15) is 89.4 Å². The van der Waals surface area contributed by atoms with E-state index in [0.29, 0.717) is 0 Å². The molecule has 8 bridgehead atoms. The van der Waals surface area contributed by atoms with Gasteiger partial charge in [-0.15, -0.1) is 186 Å². The molecule has 0 saturated heterocycles. The first kappa shape index (κ1) is 43.7. The lowest BCUT2D eigenvalue weighted by Crippen LogP contribution is -3.03. The van der Waals surface area contributed by atoms with Gasteiger partial charge in [-0.05, 0) is 6.92 Å². The first-order valence-corrected chi connectivity index (χ1v) is 23.2. The summed E-state index contributed by atoms with van der Waals surface area (Å²) in [6.45, 7) is 1.79. The molecule has 0 amide bonds. The molecule has 26 heteroatoms. The topological polar surface area (TPSA) is 63.6 Å². The van der Waals surface area contributed by atoms with E-state index in [4.69, 9.17) is 260 Å². The summed E-state index contributed by atoms with van der Waals surface area (Å²) in [6, 6.07) is 0. The minimum absolute atomic E-state index is 0.161. The highest BCUT2D eigenvalue weighted by molar-refractivity contribution is 6.83. The Bertz CT molecular complexity index is 1750. The van der Waals surface area contributed by atoms with Crippen LogP contribution in [0.3, 0.4) is 0 Å². The molecule has 0 aromatic carbocycles. The van der Waals surface area contributed by atoms with Gasteiger partial charge >= 0.3 is 5.97 Å². The molecule has 12 rings (SSSR count). The lowest BCUT2D eigenvalue weighted by molar-refractivity contribution is -0.145. The van der Waals surface area contributed by atoms with E-state index in [-0.39, 0.29) is 19.4 Å². The van der Waals surface area contributed by atoms with E-state index in [1.807, 2.05) is 0 Å². The first-order valence-electron chi connectivity index (χ1n) is 14.9. The molecule has 298 valence electrons. The molecular formula is C27H12Cl22O4. The second kappa shape index (κ2) is 9.84. The van der Waals surface area contributed by atoms with Crippen molar-refractivity contribution in [1.29, 1.82) is 0 Å². The van der Waals surface area contributed by atoms with Crippen molar-refractivity contribution in [2.24, 2.45) is 0 Å². The summed E-state index contributed by atoms with van der Waals surface area (Å²) in [4.78, 5) is -6.35. The monoisotopic (exact) mass is 1170 g/mol. The largest absolute Gasteiger partial charge is 0.466 e. The maximum Gasteiger partial charge on any atom is 0.306 e. The van der Waals surface area contributed by atoms with Gasteiger partial charge in [-0.3, -0.25) is 9.59 Å². The Labute approximate surface area is 410 Å². The van der Waals surface area contributed by atoms with Gasteiger partial charge in [0, 0.05) is 12.8 Å². The summed E-state index contributed by atoms with van der Waals surface area (Å²) in [5.74, 6) is -1.15. The summed E-state index contributed by atoms with van der Waals surface area (Å²) in [7, 11) is 0. The van der Waals surface area contributed by atoms with E-state index in [0.717, 1.165) is 0 Å². The normalized spacial score (nSPS) is 70.2. The van der Waals surface area contributed by atoms with Crippen LogP contribution in [0.1, 0.15) is 26.2 Å². The highest BCUT2D eigenvalue weighted by Gasteiger charge is 3.33. The Morgan fingerprint density at radius 2 is 0.623 bits per heavy atom. The van der Waals surface area contributed by atoms with Gasteiger partial charge in [-0.2, -0.15) is 0 Å². The smallest absolute Gasteiger partial charge is 0.306 e. The van der Waals surface area contributed by atoms with Crippen LogP contribution in [0, 0.1) is 0 Å². The van der Waals surface area contributed by atoms with Gasteiger partial charge < -0.3 is 9.84 Å². The number of halogens is 22. The Balaban J connectivity index is 0.000000148. The Kier molecular flexibility index (Phi) is 8.12. The van der Waals surface area contributed by atoms with E-state index < -0.39 is 115 Å². The van der Waals surface area contributed by atoms with Crippen LogP contribution in [0.2, 0.25) is 0 Å².